The van der Waals surface area contributed by atoms with Crippen molar-refractivity contribution in [3.63, 3.8) is 0 Å². The van der Waals surface area contributed by atoms with Crippen LogP contribution in [0, 0.1) is 0 Å². The summed E-state index contributed by atoms with van der Waals surface area (Å²) < 4.78 is 10.6. The molecule has 0 bridgehead atoms. The van der Waals surface area contributed by atoms with E-state index in [2.05, 4.69) is 5.32 Å². The molecule has 1 aromatic rings. The zero-order chi connectivity index (χ0) is 18.1. The summed E-state index contributed by atoms with van der Waals surface area (Å²) in [6.07, 6.45) is -0.0415. The Kier molecular flexibility index (Phi) is 7.69. The average Bonchev–Trinajstić information content (AvgIpc) is 2.62. The van der Waals surface area contributed by atoms with Gasteiger partial charge >= 0.3 is 5.97 Å². The SMILES string of the molecule is CCCOC(=O)CC1C(=O)NCCN1CC(O)COc1ccccc1. The van der Waals surface area contributed by atoms with E-state index in [1.165, 1.54) is 0 Å². The molecular formula is C18H26N2O5. The van der Waals surface area contributed by atoms with Crippen molar-refractivity contribution >= 4 is 11.9 Å². The van der Waals surface area contributed by atoms with E-state index in [9.17, 15) is 14.7 Å². The fourth-order valence-corrected chi connectivity index (χ4v) is 2.67. The van der Waals surface area contributed by atoms with Gasteiger partial charge in [0.05, 0.1) is 19.1 Å². The van der Waals surface area contributed by atoms with E-state index >= 15 is 0 Å². The Hall–Kier alpha value is -2.12. The predicted octanol–water partition coefficient (Wildman–Crippen LogP) is 0.570. The molecule has 1 fully saturated rings. The molecule has 1 heterocycles. The van der Waals surface area contributed by atoms with Gasteiger partial charge in [-0.25, -0.2) is 0 Å². The van der Waals surface area contributed by atoms with Crippen LogP contribution in [-0.4, -0.2) is 66.9 Å². The molecule has 7 nitrogen and oxygen atoms in total. The van der Waals surface area contributed by atoms with Crippen molar-refractivity contribution in [2.75, 3.05) is 32.8 Å². The van der Waals surface area contributed by atoms with Crippen LogP contribution in [0.4, 0.5) is 0 Å². The molecule has 0 saturated carbocycles. The first-order valence-corrected chi connectivity index (χ1v) is 8.63. The minimum atomic E-state index is -0.764. The quantitative estimate of drug-likeness (QED) is 0.633. The molecule has 138 valence electrons. The van der Waals surface area contributed by atoms with Crippen LogP contribution >= 0.6 is 0 Å². The Morgan fingerprint density at radius 3 is 2.88 bits per heavy atom. The van der Waals surface area contributed by atoms with Crippen LogP contribution in [-0.2, 0) is 14.3 Å². The largest absolute Gasteiger partial charge is 0.491 e. The van der Waals surface area contributed by atoms with E-state index in [-0.39, 0.29) is 25.5 Å². The number of hydrogen-bond acceptors (Lipinski definition) is 6. The molecule has 1 amide bonds. The van der Waals surface area contributed by atoms with Crippen LogP contribution in [0.25, 0.3) is 0 Å². The molecule has 2 unspecified atom stereocenters. The van der Waals surface area contributed by atoms with E-state index in [0.29, 0.717) is 25.4 Å². The lowest BCUT2D eigenvalue weighted by Gasteiger charge is -2.35. The number of esters is 1. The maximum Gasteiger partial charge on any atom is 0.307 e. The highest BCUT2D eigenvalue weighted by molar-refractivity contribution is 5.87. The molecule has 0 aliphatic carbocycles. The standard InChI is InChI=1S/C18H26N2O5/c1-2-10-24-17(22)11-16-18(23)19-8-9-20(16)12-14(21)13-25-15-6-4-3-5-7-15/h3-7,14,16,21H,2,8-13H2,1H3,(H,19,23). The number of aliphatic hydroxyl groups excluding tert-OH is 1. The highest BCUT2D eigenvalue weighted by atomic mass is 16.5. The van der Waals surface area contributed by atoms with Crippen molar-refractivity contribution in [1.29, 1.82) is 0 Å². The smallest absolute Gasteiger partial charge is 0.307 e. The Morgan fingerprint density at radius 2 is 2.16 bits per heavy atom. The number of benzene rings is 1. The highest BCUT2D eigenvalue weighted by Crippen LogP contribution is 2.13. The lowest BCUT2D eigenvalue weighted by molar-refractivity contribution is -0.148. The molecule has 1 aromatic carbocycles. The van der Waals surface area contributed by atoms with Gasteiger partial charge in [-0.3, -0.25) is 14.5 Å². The molecule has 1 aliphatic heterocycles. The molecule has 0 radical (unpaired) electrons. The van der Waals surface area contributed by atoms with E-state index < -0.39 is 18.1 Å². The number of amides is 1. The molecule has 0 spiro atoms. The summed E-state index contributed by atoms with van der Waals surface area (Å²) in [5.41, 5.74) is 0. The molecule has 2 N–H and O–H groups in total. The number of nitrogens with zero attached hydrogens (tertiary/aromatic N) is 1. The third-order valence-corrected chi connectivity index (χ3v) is 3.90. The summed E-state index contributed by atoms with van der Waals surface area (Å²) >= 11 is 0. The van der Waals surface area contributed by atoms with Gasteiger partial charge < -0.3 is 19.9 Å². The fraction of sp³-hybridized carbons (Fsp3) is 0.556. The molecular weight excluding hydrogens is 324 g/mol. The Labute approximate surface area is 147 Å². The van der Waals surface area contributed by atoms with E-state index in [4.69, 9.17) is 9.47 Å². The van der Waals surface area contributed by atoms with Gasteiger partial charge in [0.15, 0.2) is 0 Å². The monoisotopic (exact) mass is 350 g/mol. The van der Waals surface area contributed by atoms with Crippen molar-refractivity contribution in [3.8, 4) is 5.75 Å². The second-order valence-electron chi connectivity index (χ2n) is 6.00. The third kappa shape index (κ3) is 6.36. The number of β-amino-alcohol motifs (C(OH)–C–C–N with tert-alkyl or cyclic N) is 1. The fourth-order valence-electron chi connectivity index (χ4n) is 2.67. The Bertz CT molecular complexity index is 552. The number of aliphatic hydroxyl groups is 1. The van der Waals surface area contributed by atoms with Crippen molar-refractivity contribution < 1.29 is 24.2 Å². The molecule has 0 aromatic heterocycles. The summed E-state index contributed by atoms with van der Waals surface area (Å²) in [5, 5.41) is 13.0. The molecule has 2 atom stereocenters. The van der Waals surface area contributed by atoms with Crippen LogP contribution in [0.2, 0.25) is 0 Å². The van der Waals surface area contributed by atoms with Crippen molar-refractivity contribution in [1.82, 2.24) is 10.2 Å². The van der Waals surface area contributed by atoms with Crippen molar-refractivity contribution in [2.45, 2.75) is 31.9 Å². The summed E-state index contributed by atoms with van der Waals surface area (Å²) in [5.74, 6) is 0.0671. The zero-order valence-electron chi connectivity index (χ0n) is 14.5. The van der Waals surface area contributed by atoms with Gasteiger partial charge in [0.2, 0.25) is 5.91 Å². The van der Waals surface area contributed by atoms with Crippen LogP contribution in [0.15, 0.2) is 30.3 Å². The van der Waals surface area contributed by atoms with Gasteiger partial charge in [-0.05, 0) is 18.6 Å². The topological polar surface area (TPSA) is 88.1 Å². The van der Waals surface area contributed by atoms with Crippen molar-refractivity contribution in [2.24, 2.45) is 0 Å². The highest BCUT2D eigenvalue weighted by Gasteiger charge is 2.33. The number of para-hydroxylation sites is 1. The molecule has 25 heavy (non-hydrogen) atoms. The third-order valence-electron chi connectivity index (χ3n) is 3.90. The zero-order valence-corrected chi connectivity index (χ0v) is 14.5. The van der Waals surface area contributed by atoms with Gasteiger partial charge in [-0.15, -0.1) is 0 Å². The second kappa shape index (κ2) is 10.0. The minimum absolute atomic E-state index is 0.0158. The van der Waals surface area contributed by atoms with Gasteiger partial charge in [0, 0.05) is 19.6 Å². The number of nitrogens with one attached hydrogen (secondary N) is 1. The normalized spacial score (nSPS) is 19.1. The maximum atomic E-state index is 12.1. The van der Waals surface area contributed by atoms with Gasteiger partial charge in [-0.2, -0.15) is 0 Å². The van der Waals surface area contributed by atoms with Gasteiger partial charge in [-0.1, -0.05) is 25.1 Å². The second-order valence-corrected chi connectivity index (χ2v) is 6.00. The summed E-state index contributed by atoms with van der Waals surface area (Å²) in [7, 11) is 0. The first-order valence-electron chi connectivity index (χ1n) is 8.63. The average molecular weight is 350 g/mol. The van der Waals surface area contributed by atoms with E-state index in [1.807, 2.05) is 42.2 Å². The number of hydrogen-bond donors (Lipinski definition) is 2. The van der Waals surface area contributed by atoms with Gasteiger partial charge in [0.25, 0.3) is 0 Å². The lowest BCUT2D eigenvalue weighted by Crippen LogP contribution is -2.57. The first-order chi connectivity index (χ1) is 12.1. The first kappa shape index (κ1) is 19.2. The summed E-state index contributed by atoms with van der Waals surface area (Å²) in [6.45, 7) is 3.70. The molecule has 1 aliphatic rings. The van der Waals surface area contributed by atoms with Crippen LogP contribution in [0.1, 0.15) is 19.8 Å². The number of carbonyl (C=O) groups excluding carboxylic acids is 2. The molecule has 2 rings (SSSR count). The van der Waals surface area contributed by atoms with E-state index in [1.54, 1.807) is 0 Å². The number of ether oxygens (including phenoxy) is 2. The minimum Gasteiger partial charge on any atom is -0.491 e. The maximum absolute atomic E-state index is 12.1. The lowest BCUT2D eigenvalue weighted by atomic mass is 10.1. The Morgan fingerprint density at radius 1 is 1.40 bits per heavy atom. The van der Waals surface area contributed by atoms with Crippen LogP contribution in [0.5, 0.6) is 5.75 Å². The van der Waals surface area contributed by atoms with Gasteiger partial charge in [0.1, 0.15) is 18.5 Å². The van der Waals surface area contributed by atoms with Crippen LogP contribution < -0.4 is 10.1 Å². The number of rotatable bonds is 9. The summed E-state index contributed by atoms with van der Waals surface area (Å²) in [4.78, 5) is 25.8. The van der Waals surface area contributed by atoms with Crippen molar-refractivity contribution in [3.05, 3.63) is 30.3 Å². The Balaban J connectivity index is 1.85. The number of carbonyl (C=O) groups is 2. The molecule has 7 heteroatoms. The molecule has 1 saturated heterocycles. The number of piperazine rings is 1. The predicted molar refractivity (Wildman–Crippen MR) is 92.2 cm³/mol. The van der Waals surface area contributed by atoms with E-state index in [0.717, 1.165) is 6.42 Å². The van der Waals surface area contributed by atoms with Crippen LogP contribution in [0.3, 0.4) is 0 Å². The summed E-state index contributed by atoms with van der Waals surface area (Å²) in [6, 6.07) is 8.60.